The fraction of sp³-hybridized carbons (Fsp3) is 0.375. The van der Waals surface area contributed by atoms with Gasteiger partial charge in [0.1, 0.15) is 19.7 Å². The average Bonchev–Trinajstić information content (AvgIpc) is 3.67. The molecule has 0 unspecified atom stereocenters. The lowest BCUT2D eigenvalue weighted by Gasteiger charge is -2.32. The number of sulfone groups is 1. The van der Waals surface area contributed by atoms with Crippen molar-refractivity contribution in [3.8, 4) is 11.4 Å². The van der Waals surface area contributed by atoms with Crippen LogP contribution in [0.2, 0.25) is 0 Å². The summed E-state index contributed by atoms with van der Waals surface area (Å²) in [6, 6.07) is 7.78. The third kappa shape index (κ3) is 4.87. The summed E-state index contributed by atoms with van der Waals surface area (Å²) >= 11 is 0. The zero-order valence-electron chi connectivity index (χ0n) is 19.3. The minimum Gasteiger partial charge on any atom is -0.491 e. The molecule has 34 heavy (non-hydrogen) atoms. The summed E-state index contributed by atoms with van der Waals surface area (Å²) in [6.07, 6.45) is 10.9. The lowest BCUT2D eigenvalue weighted by molar-refractivity contribution is 0.171. The Bertz CT molecular complexity index is 1350. The van der Waals surface area contributed by atoms with Crippen LogP contribution >= 0.6 is 0 Å². The van der Waals surface area contributed by atoms with Crippen LogP contribution < -0.4 is 20.7 Å². The van der Waals surface area contributed by atoms with Crippen LogP contribution in [0.5, 0.6) is 5.75 Å². The molecule has 5 rings (SSSR count). The van der Waals surface area contributed by atoms with Crippen molar-refractivity contribution < 1.29 is 13.2 Å². The molecule has 3 aromatic rings. The van der Waals surface area contributed by atoms with Crippen molar-refractivity contribution in [2.75, 3.05) is 24.2 Å². The molecule has 1 aliphatic carbocycles. The molecular weight excluding hydrogens is 451 g/mol. The molecule has 2 fully saturated rings. The van der Waals surface area contributed by atoms with Crippen molar-refractivity contribution in [3.63, 3.8) is 0 Å². The van der Waals surface area contributed by atoms with E-state index in [-0.39, 0.29) is 16.6 Å². The Morgan fingerprint density at radius 2 is 1.68 bits per heavy atom. The number of nitrogens with zero attached hydrogens (tertiary/aromatic N) is 4. The molecule has 2 aromatic heterocycles. The first-order valence-electron chi connectivity index (χ1n) is 11.6. The molecule has 0 atom stereocenters. The summed E-state index contributed by atoms with van der Waals surface area (Å²) in [5.41, 5.74) is 2.45. The maximum absolute atomic E-state index is 12.8. The van der Waals surface area contributed by atoms with Gasteiger partial charge in [-0.2, -0.15) is 0 Å². The largest absolute Gasteiger partial charge is 0.491 e. The highest BCUT2D eigenvalue weighted by molar-refractivity contribution is 7.90. The van der Waals surface area contributed by atoms with Crippen molar-refractivity contribution in [1.29, 1.82) is 0 Å². The molecule has 8 nitrogen and oxygen atoms in total. The molecule has 2 aliphatic rings. The van der Waals surface area contributed by atoms with Gasteiger partial charge in [-0.15, -0.1) is 0 Å². The Hall–Kier alpha value is -3.14. The zero-order valence-corrected chi connectivity index (χ0v) is 20.2. The third-order valence-corrected chi connectivity index (χ3v) is 7.60. The summed E-state index contributed by atoms with van der Waals surface area (Å²) in [5.74, 6) is 2.00. The Labute approximate surface area is 199 Å². The van der Waals surface area contributed by atoms with Gasteiger partial charge in [-0.25, -0.2) is 18.4 Å². The molecule has 1 saturated heterocycles. The van der Waals surface area contributed by atoms with Crippen molar-refractivity contribution in [3.05, 3.63) is 64.8 Å². The van der Waals surface area contributed by atoms with E-state index in [1.165, 1.54) is 41.2 Å². The quantitative estimate of drug-likeness (QED) is 0.492. The van der Waals surface area contributed by atoms with Crippen molar-refractivity contribution >= 4 is 29.1 Å². The van der Waals surface area contributed by atoms with Gasteiger partial charge < -0.3 is 9.64 Å². The molecular formula is C24H27BN4O4S. The summed E-state index contributed by atoms with van der Waals surface area (Å²) in [6.45, 7) is 1.60. The molecule has 0 N–H and O–H groups in total. The Balaban J connectivity index is 1.24. The van der Waals surface area contributed by atoms with Crippen LogP contribution in [0.15, 0.2) is 58.6 Å². The number of aromatic nitrogens is 3. The lowest BCUT2D eigenvalue weighted by atomic mass is 9.97. The van der Waals surface area contributed by atoms with Gasteiger partial charge in [0.25, 0.3) is 5.56 Å². The molecule has 1 aliphatic heterocycles. The molecule has 3 heterocycles. The maximum Gasteiger partial charge on any atom is 0.258 e. The smallest absolute Gasteiger partial charge is 0.258 e. The van der Waals surface area contributed by atoms with Gasteiger partial charge in [-0.05, 0) is 54.1 Å². The minimum atomic E-state index is -3.29. The van der Waals surface area contributed by atoms with Gasteiger partial charge in [0.05, 0.1) is 4.90 Å². The highest BCUT2D eigenvalue weighted by Gasteiger charge is 2.26. The molecule has 1 aromatic carbocycles. The number of benzene rings is 1. The van der Waals surface area contributed by atoms with Crippen LogP contribution in [0.25, 0.3) is 5.69 Å². The number of pyridine rings is 1. The number of anilines is 1. The molecule has 10 heteroatoms. The molecule has 0 amide bonds. The van der Waals surface area contributed by atoms with E-state index in [2.05, 4.69) is 14.9 Å². The Kier molecular flexibility index (Phi) is 5.93. The number of rotatable bonds is 6. The SMILES string of the molecule is Bc1cn(-c2ccc(S(C)(=O)=O)cc2)c(=O)cc1OC1CCN(c2ncc(C3CC3)cn2)CC1. The first-order valence-corrected chi connectivity index (χ1v) is 13.4. The number of piperidine rings is 1. The Morgan fingerprint density at radius 1 is 1.03 bits per heavy atom. The van der Waals surface area contributed by atoms with Crippen molar-refractivity contribution in [2.24, 2.45) is 0 Å². The standard InChI is InChI=1S/C24H27BN4O4S/c1-34(31,32)20-6-4-18(5-7-20)29-15-21(25)22(12-23(29)30)33-19-8-10-28(11-9-19)24-26-13-17(14-27-24)16-2-3-16/h4-7,12-16,19H,2-3,8-11,25H2,1H3. The van der Waals surface area contributed by atoms with E-state index in [0.29, 0.717) is 17.4 Å². The summed E-state index contributed by atoms with van der Waals surface area (Å²) in [4.78, 5) is 24.3. The van der Waals surface area contributed by atoms with Crippen molar-refractivity contribution in [1.82, 2.24) is 14.5 Å². The zero-order chi connectivity index (χ0) is 23.9. The molecule has 1 saturated carbocycles. The number of ether oxygens (including phenoxy) is 1. The average molecular weight is 478 g/mol. The fourth-order valence-corrected chi connectivity index (χ4v) is 4.90. The molecule has 0 bridgehead atoms. The predicted molar refractivity (Wildman–Crippen MR) is 133 cm³/mol. The second-order valence-corrected chi connectivity index (χ2v) is 11.2. The van der Waals surface area contributed by atoms with Gasteiger partial charge in [0.15, 0.2) is 9.84 Å². The van der Waals surface area contributed by atoms with Crippen LogP contribution in [0.4, 0.5) is 5.95 Å². The normalized spacial score (nSPS) is 17.0. The number of hydrogen-bond donors (Lipinski definition) is 0. The second kappa shape index (κ2) is 8.90. The van der Waals surface area contributed by atoms with Gasteiger partial charge in [-0.1, -0.05) is 0 Å². The highest BCUT2D eigenvalue weighted by Crippen LogP contribution is 2.39. The summed E-state index contributed by atoms with van der Waals surface area (Å²) in [7, 11) is -1.38. The minimum absolute atomic E-state index is 0.0185. The van der Waals surface area contributed by atoms with E-state index >= 15 is 0 Å². The Morgan fingerprint density at radius 3 is 2.26 bits per heavy atom. The van der Waals surface area contributed by atoms with E-state index < -0.39 is 9.84 Å². The van der Waals surface area contributed by atoms with Gasteiger partial charge in [0, 0.05) is 62.5 Å². The molecule has 0 spiro atoms. The van der Waals surface area contributed by atoms with E-state index in [4.69, 9.17) is 4.74 Å². The van der Waals surface area contributed by atoms with E-state index in [1.54, 1.807) is 18.3 Å². The summed E-state index contributed by atoms with van der Waals surface area (Å²) < 4.78 is 31.1. The van der Waals surface area contributed by atoms with Crippen LogP contribution in [0.1, 0.15) is 37.2 Å². The second-order valence-electron chi connectivity index (χ2n) is 9.19. The molecule has 176 valence electrons. The summed E-state index contributed by atoms with van der Waals surface area (Å²) in [5, 5.41) is 0. The van der Waals surface area contributed by atoms with Crippen LogP contribution in [-0.2, 0) is 9.84 Å². The van der Waals surface area contributed by atoms with Crippen LogP contribution in [-0.4, -0.2) is 56.2 Å². The molecule has 0 radical (unpaired) electrons. The van der Waals surface area contributed by atoms with Crippen LogP contribution in [0, 0.1) is 0 Å². The monoisotopic (exact) mass is 478 g/mol. The lowest BCUT2D eigenvalue weighted by Crippen LogP contribution is -2.40. The predicted octanol–water partition coefficient (Wildman–Crippen LogP) is 1.21. The van der Waals surface area contributed by atoms with Crippen LogP contribution in [0.3, 0.4) is 0 Å². The number of hydrogen-bond acceptors (Lipinski definition) is 7. The van der Waals surface area contributed by atoms with E-state index in [1.807, 2.05) is 20.2 Å². The third-order valence-electron chi connectivity index (χ3n) is 6.47. The van der Waals surface area contributed by atoms with Gasteiger partial charge in [-0.3, -0.25) is 9.36 Å². The fourth-order valence-electron chi connectivity index (χ4n) is 4.27. The van der Waals surface area contributed by atoms with Crippen molar-refractivity contribution in [2.45, 2.75) is 42.6 Å². The topological polar surface area (TPSA) is 94.4 Å². The van der Waals surface area contributed by atoms with E-state index in [9.17, 15) is 13.2 Å². The van der Waals surface area contributed by atoms with Gasteiger partial charge >= 0.3 is 0 Å². The highest BCUT2D eigenvalue weighted by atomic mass is 32.2. The maximum atomic E-state index is 12.8. The van der Waals surface area contributed by atoms with E-state index in [0.717, 1.165) is 43.6 Å². The van der Waals surface area contributed by atoms with Gasteiger partial charge in [0.2, 0.25) is 5.95 Å². The first-order chi connectivity index (χ1) is 16.3. The first kappa shape index (κ1) is 22.6.